The number of rotatable bonds is 7. The van der Waals surface area contributed by atoms with Crippen molar-refractivity contribution in [2.24, 2.45) is 0 Å². The van der Waals surface area contributed by atoms with Crippen LogP contribution in [0.25, 0.3) is 0 Å². The molecule has 0 saturated heterocycles. The van der Waals surface area contributed by atoms with Gasteiger partial charge in [-0.2, -0.15) is 11.8 Å². The summed E-state index contributed by atoms with van der Waals surface area (Å²) in [7, 11) is 2.10. The Morgan fingerprint density at radius 1 is 1.50 bits per heavy atom. The fourth-order valence-corrected chi connectivity index (χ4v) is 2.43. The highest BCUT2D eigenvalue weighted by atomic mass is 79.9. The molecule has 0 saturated carbocycles. The average molecular weight is 332 g/mol. The maximum absolute atomic E-state index is 4.54. The third-order valence-corrected chi connectivity index (χ3v) is 3.63. The van der Waals surface area contributed by atoms with Gasteiger partial charge in [0.2, 0.25) is 0 Å². The van der Waals surface area contributed by atoms with Crippen molar-refractivity contribution in [1.29, 1.82) is 0 Å². The lowest BCUT2D eigenvalue weighted by atomic mass is 10.2. The van der Waals surface area contributed by atoms with Crippen LogP contribution in [0.5, 0.6) is 0 Å². The molecule has 5 heteroatoms. The summed E-state index contributed by atoms with van der Waals surface area (Å²) in [5.41, 5.74) is 1.24. The van der Waals surface area contributed by atoms with Gasteiger partial charge in [-0.15, -0.1) is 0 Å². The van der Waals surface area contributed by atoms with Crippen LogP contribution in [0, 0.1) is 0 Å². The predicted molar refractivity (Wildman–Crippen MR) is 85.6 cm³/mol. The Labute approximate surface area is 123 Å². The molecule has 1 rings (SSSR count). The molecule has 0 aliphatic rings. The van der Waals surface area contributed by atoms with Gasteiger partial charge >= 0.3 is 0 Å². The fraction of sp³-hybridized carbons (Fsp3) is 0.615. The van der Waals surface area contributed by atoms with E-state index in [9.17, 15) is 0 Å². The van der Waals surface area contributed by atoms with Crippen molar-refractivity contribution in [3.63, 3.8) is 0 Å². The summed E-state index contributed by atoms with van der Waals surface area (Å²) < 4.78 is 1.03. The third-order valence-electron chi connectivity index (χ3n) is 2.60. The predicted octanol–water partition coefficient (Wildman–Crippen LogP) is 3.14. The number of hydrogen-bond donors (Lipinski definition) is 1. The van der Waals surface area contributed by atoms with Crippen LogP contribution in [0.2, 0.25) is 0 Å². The van der Waals surface area contributed by atoms with Crippen LogP contribution in [0.1, 0.15) is 19.4 Å². The maximum atomic E-state index is 4.54. The Morgan fingerprint density at radius 3 is 2.83 bits per heavy atom. The quantitative estimate of drug-likeness (QED) is 0.830. The lowest BCUT2D eigenvalue weighted by Gasteiger charge is -2.21. The van der Waals surface area contributed by atoms with Crippen molar-refractivity contribution in [3.8, 4) is 0 Å². The largest absolute Gasteiger partial charge is 0.359 e. The zero-order chi connectivity index (χ0) is 13.5. The summed E-state index contributed by atoms with van der Waals surface area (Å²) in [5.74, 6) is 2.19. The summed E-state index contributed by atoms with van der Waals surface area (Å²) in [4.78, 5) is 6.76. The van der Waals surface area contributed by atoms with Crippen LogP contribution in [-0.4, -0.2) is 36.6 Å². The van der Waals surface area contributed by atoms with Gasteiger partial charge in [-0.05, 0) is 28.3 Å². The van der Waals surface area contributed by atoms with Gasteiger partial charge in [0.05, 0.1) is 0 Å². The lowest BCUT2D eigenvalue weighted by molar-refractivity contribution is 0.587. The van der Waals surface area contributed by atoms with E-state index in [0.717, 1.165) is 29.1 Å². The second-order valence-electron chi connectivity index (χ2n) is 4.59. The molecule has 0 fully saturated rings. The van der Waals surface area contributed by atoms with Gasteiger partial charge < -0.3 is 10.2 Å². The van der Waals surface area contributed by atoms with Crippen molar-refractivity contribution in [1.82, 2.24) is 10.3 Å². The molecule has 1 heterocycles. The molecule has 18 heavy (non-hydrogen) atoms. The molecule has 0 atom stereocenters. The van der Waals surface area contributed by atoms with Crippen LogP contribution in [0.3, 0.4) is 0 Å². The molecule has 1 aromatic heterocycles. The number of aromatic nitrogens is 1. The number of nitrogens with one attached hydrogen (secondary N) is 1. The van der Waals surface area contributed by atoms with E-state index in [1.54, 1.807) is 0 Å². The number of hydrogen-bond acceptors (Lipinski definition) is 4. The van der Waals surface area contributed by atoms with E-state index in [0.29, 0.717) is 6.04 Å². The number of anilines is 1. The number of pyridine rings is 1. The first-order valence-electron chi connectivity index (χ1n) is 6.12. The highest BCUT2D eigenvalue weighted by Gasteiger charge is 2.10. The molecule has 0 aliphatic carbocycles. The fourth-order valence-electron chi connectivity index (χ4n) is 1.60. The molecule has 0 bridgehead atoms. The number of thioether (sulfide) groups is 1. The normalized spacial score (nSPS) is 11.0. The van der Waals surface area contributed by atoms with Gasteiger partial charge in [-0.1, -0.05) is 13.8 Å². The van der Waals surface area contributed by atoms with Crippen molar-refractivity contribution in [3.05, 3.63) is 22.3 Å². The summed E-state index contributed by atoms with van der Waals surface area (Å²) in [5, 5.41) is 3.45. The van der Waals surface area contributed by atoms with E-state index in [4.69, 9.17) is 0 Å². The number of nitrogens with zero attached hydrogens (tertiary/aromatic N) is 2. The van der Waals surface area contributed by atoms with Gasteiger partial charge in [0.15, 0.2) is 0 Å². The van der Waals surface area contributed by atoms with Gasteiger partial charge in [0.25, 0.3) is 0 Å². The van der Waals surface area contributed by atoms with Crippen LogP contribution >= 0.6 is 27.7 Å². The summed E-state index contributed by atoms with van der Waals surface area (Å²) in [6.07, 6.45) is 3.99. The molecule has 0 radical (unpaired) electrons. The van der Waals surface area contributed by atoms with Crippen molar-refractivity contribution >= 4 is 33.5 Å². The monoisotopic (exact) mass is 331 g/mol. The molecule has 1 aromatic rings. The van der Waals surface area contributed by atoms with Gasteiger partial charge in [0, 0.05) is 48.2 Å². The topological polar surface area (TPSA) is 28.2 Å². The van der Waals surface area contributed by atoms with Gasteiger partial charge in [-0.25, -0.2) is 4.98 Å². The summed E-state index contributed by atoms with van der Waals surface area (Å²) in [6, 6.07) is 2.63. The van der Waals surface area contributed by atoms with Crippen LogP contribution in [-0.2, 0) is 6.54 Å². The minimum Gasteiger partial charge on any atom is -0.359 e. The minimum absolute atomic E-state index is 0.480. The second kappa shape index (κ2) is 8.02. The van der Waals surface area contributed by atoms with E-state index in [1.807, 2.05) is 18.0 Å². The molecular formula is C13H22BrN3S. The van der Waals surface area contributed by atoms with Crippen molar-refractivity contribution in [2.45, 2.75) is 26.4 Å². The van der Waals surface area contributed by atoms with E-state index in [1.165, 1.54) is 5.56 Å². The van der Waals surface area contributed by atoms with Gasteiger partial charge in [0.1, 0.15) is 5.82 Å². The Morgan fingerprint density at radius 2 is 2.22 bits per heavy atom. The summed E-state index contributed by atoms with van der Waals surface area (Å²) >= 11 is 5.35. The van der Waals surface area contributed by atoms with E-state index >= 15 is 0 Å². The molecule has 0 amide bonds. The lowest BCUT2D eigenvalue weighted by Crippen LogP contribution is -2.26. The Hall–Kier alpha value is -0.260. The molecular weight excluding hydrogens is 310 g/mol. The van der Waals surface area contributed by atoms with E-state index < -0.39 is 0 Å². The molecule has 0 unspecified atom stereocenters. The molecule has 3 nitrogen and oxygen atoms in total. The van der Waals surface area contributed by atoms with Gasteiger partial charge in [-0.3, -0.25) is 0 Å². The zero-order valence-electron chi connectivity index (χ0n) is 11.5. The Bertz CT molecular complexity index is 371. The molecule has 102 valence electrons. The second-order valence-corrected chi connectivity index (χ2v) is 6.49. The average Bonchev–Trinajstić information content (AvgIpc) is 2.33. The van der Waals surface area contributed by atoms with Crippen molar-refractivity contribution < 1.29 is 0 Å². The third kappa shape index (κ3) is 5.16. The highest BCUT2D eigenvalue weighted by molar-refractivity contribution is 9.10. The smallest absolute Gasteiger partial charge is 0.132 e. The molecule has 1 N–H and O–H groups in total. The molecule has 0 spiro atoms. The minimum atomic E-state index is 0.480. The SMILES string of the molecule is CSCCN(C)c1ncc(Br)cc1CNC(C)C. The first-order chi connectivity index (χ1) is 8.54. The first-order valence-corrected chi connectivity index (χ1v) is 8.31. The van der Waals surface area contributed by atoms with E-state index in [-0.39, 0.29) is 0 Å². The highest BCUT2D eigenvalue weighted by Crippen LogP contribution is 2.21. The Kier molecular flexibility index (Phi) is 7.04. The van der Waals surface area contributed by atoms with Crippen LogP contribution < -0.4 is 10.2 Å². The van der Waals surface area contributed by atoms with Crippen LogP contribution in [0.4, 0.5) is 5.82 Å². The van der Waals surface area contributed by atoms with Crippen LogP contribution in [0.15, 0.2) is 16.7 Å². The molecule has 0 aromatic carbocycles. The maximum Gasteiger partial charge on any atom is 0.132 e. The zero-order valence-corrected chi connectivity index (χ0v) is 13.9. The van der Waals surface area contributed by atoms with E-state index in [2.05, 4.69) is 64.3 Å². The summed E-state index contributed by atoms with van der Waals surface area (Å²) in [6.45, 7) is 6.18. The molecule has 0 aliphatic heterocycles. The Balaban J connectivity index is 2.81. The number of halogens is 1. The van der Waals surface area contributed by atoms with Crippen molar-refractivity contribution in [2.75, 3.05) is 30.5 Å². The first kappa shape index (κ1) is 15.8. The standard InChI is InChI=1S/C13H22BrN3S/c1-10(2)15-8-11-7-12(14)9-16-13(11)17(3)5-6-18-4/h7,9-10,15H,5-6,8H2,1-4H3.